The second kappa shape index (κ2) is 12.8. The average Bonchev–Trinajstić information content (AvgIpc) is 2.91. The van der Waals surface area contributed by atoms with Crippen LogP contribution in [-0.2, 0) is 19.1 Å². The van der Waals surface area contributed by atoms with Crippen molar-refractivity contribution in [3.63, 3.8) is 0 Å². The molecular formula is C30H34F3N5. The molecule has 0 atom stereocenters. The first-order chi connectivity index (χ1) is 18.3. The Balaban J connectivity index is 1.65. The Labute approximate surface area is 222 Å². The van der Waals surface area contributed by atoms with E-state index in [1.54, 1.807) is 18.2 Å². The first-order valence-electron chi connectivity index (χ1n) is 13.1. The van der Waals surface area contributed by atoms with Gasteiger partial charge in [0, 0.05) is 23.7 Å². The zero-order valence-corrected chi connectivity index (χ0v) is 21.9. The molecule has 2 heterocycles. The van der Waals surface area contributed by atoms with E-state index < -0.39 is 11.7 Å². The zero-order chi connectivity index (χ0) is 27.0. The summed E-state index contributed by atoms with van der Waals surface area (Å²) in [5.41, 5.74) is 1.31. The Morgan fingerprint density at radius 3 is 2.50 bits per heavy atom. The molecule has 5 nitrogen and oxygen atoms in total. The summed E-state index contributed by atoms with van der Waals surface area (Å²) in [6.07, 6.45) is 2.38. The van der Waals surface area contributed by atoms with E-state index in [-0.39, 0.29) is 5.69 Å². The van der Waals surface area contributed by atoms with Crippen molar-refractivity contribution in [2.24, 2.45) is 0 Å². The van der Waals surface area contributed by atoms with Crippen molar-refractivity contribution >= 4 is 16.7 Å². The zero-order valence-electron chi connectivity index (χ0n) is 21.9. The second-order valence-corrected chi connectivity index (χ2v) is 9.58. The van der Waals surface area contributed by atoms with Crippen molar-refractivity contribution in [2.75, 3.05) is 25.5 Å². The van der Waals surface area contributed by atoms with Crippen molar-refractivity contribution in [1.82, 2.24) is 19.9 Å². The molecule has 0 saturated heterocycles. The number of unbranched alkanes of at least 4 members (excludes halogenated alkanes) is 3. The van der Waals surface area contributed by atoms with Crippen molar-refractivity contribution in [1.29, 1.82) is 0 Å². The summed E-state index contributed by atoms with van der Waals surface area (Å²) in [6.45, 7) is 4.34. The maximum absolute atomic E-state index is 13.7. The molecule has 1 N–H and O–H groups in total. The van der Waals surface area contributed by atoms with Gasteiger partial charge in [0.2, 0.25) is 0 Å². The van der Waals surface area contributed by atoms with Crippen molar-refractivity contribution in [3.05, 3.63) is 83.8 Å². The Bertz CT molecular complexity index is 1320. The van der Waals surface area contributed by atoms with Crippen LogP contribution in [0.25, 0.3) is 22.2 Å². The van der Waals surface area contributed by atoms with Crippen molar-refractivity contribution in [2.45, 2.75) is 51.7 Å². The summed E-state index contributed by atoms with van der Waals surface area (Å²) in [5, 5.41) is 4.20. The van der Waals surface area contributed by atoms with E-state index in [0.29, 0.717) is 35.8 Å². The van der Waals surface area contributed by atoms with E-state index in [4.69, 9.17) is 9.97 Å². The minimum absolute atomic E-state index is 0.103. The number of benzene rings is 2. The number of hydrogen-bond donors (Lipinski definition) is 1. The van der Waals surface area contributed by atoms with Crippen LogP contribution in [0.3, 0.4) is 0 Å². The maximum atomic E-state index is 13.7. The van der Waals surface area contributed by atoms with Gasteiger partial charge in [0.25, 0.3) is 0 Å². The molecule has 0 spiro atoms. The van der Waals surface area contributed by atoms with Crippen LogP contribution < -0.4 is 5.32 Å². The van der Waals surface area contributed by atoms with Gasteiger partial charge >= 0.3 is 6.18 Å². The lowest BCUT2D eigenvalue weighted by molar-refractivity contribution is -0.137. The van der Waals surface area contributed by atoms with Gasteiger partial charge in [-0.2, -0.15) is 13.2 Å². The number of halogens is 3. The SMILES string of the molecule is CCCCCCN(C)Cc1nc(NCCc2ccccc2)c2ccc(-c3ncccc3C(F)(F)F)cc2n1. The molecule has 0 bridgehead atoms. The molecule has 200 valence electrons. The fourth-order valence-electron chi connectivity index (χ4n) is 4.49. The number of nitrogens with zero attached hydrogens (tertiary/aromatic N) is 4. The van der Waals surface area contributed by atoms with Gasteiger partial charge in [-0.15, -0.1) is 0 Å². The third kappa shape index (κ3) is 7.28. The normalized spacial score (nSPS) is 11.8. The average molecular weight is 522 g/mol. The van der Waals surface area contributed by atoms with Crippen LogP contribution in [0.1, 0.15) is 49.6 Å². The molecule has 4 rings (SSSR count). The van der Waals surface area contributed by atoms with Gasteiger partial charge in [0.15, 0.2) is 0 Å². The number of alkyl halides is 3. The molecule has 38 heavy (non-hydrogen) atoms. The van der Waals surface area contributed by atoms with Gasteiger partial charge < -0.3 is 5.32 Å². The summed E-state index contributed by atoms with van der Waals surface area (Å²) in [6, 6.07) is 17.7. The molecule has 0 unspecified atom stereocenters. The standard InChI is InChI=1S/C30H34F3N5/c1-3-4-5-9-19-38(2)21-27-36-26-20-23(28-25(30(31,32)33)13-10-17-34-28)14-15-24(26)29(37-27)35-18-16-22-11-7-6-8-12-22/h6-8,10-15,17,20H,3-5,9,16,18-19,21H2,1-2H3,(H,35,36,37). The number of hydrogen-bond acceptors (Lipinski definition) is 5. The predicted octanol–water partition coefficient (Wildman–Crippen LogP) is 7.38. The predicted molar refractivity (Wildman–Crippen MR) is 147 cm³/mol. The molecule has 0 radical (unpaired) electrons. The quantitative estimate of drug-likeness (QED) is 0.197. The van der Waals surface area contributed by atoms with Crippen molar-refractivity contribution in [3.8, 4) is 11.3 Å². The highest BCUT2D eigenvalue weighted by molar-refractivity contribution is 5.92. The highest BCUT2D eigenvalue weighted by atomic mass is 19.4. The molecule has 2 aromatic heterocycles. The number of nitrogens with one attached hydrogen (secondary N) is 1. The van der Waals surface area contributed by atoms with Gasteiger partial charge in [0.1, 0.15) is 11.6 Å². The largest absolute Gasteiger partial charge is 0.418 e. The van der Waals surface area contributed by atoms with Crippen LogP contribution >= 0.6 is 0 Å². The first-order valence-corrected chi connectivity index (χ1v) is 13.1. The molecule has 8 heteroatoms. The Kier molecular flexibility index (Phi) is 9.29. The number of anilines is 1. The van der Waals surface area contributed by atoms with E-state index in [0.717, 1.165) is 30.8 Å². The van der Waals surface area contributed by atoms with E-state index in [1.807, 2.05) is 25.2 Å². The minimum Gasteiger partial charge on any atom is -0.369 e. The van der Waals surface area contributed by atoms with E-state index in [2.05, 4.69) is 34.3 Å². The molecule has 0 aliphatic heterocycles. The van der Waals surface area contributed by atoms with Gasteiger partial charge in [-0.3, -0.25) is 9.88 Å². The molecule has 0 fully saturated rings. The lowest BCUT2D eigenvalue weighted by atomic mass is 10.0. The second-order valence-electron chi connectivity index (χ2n) is 9.58. The van der Waals surface area contributed by atoms with Crippen LogP contribution in [0.2, 0.25) is 0 Å². The fraction of sp³-hybridized carbons (Fsp3) is 0.367. The maximum Gasteiger partial charge on any atom is 0.418 e. The summed E-state index contributed by atoms with van der Waals surface area (Å²) in [7, 11) is 2.04. The van der Waals surface area contributed by atoms with Crippen LogP contribution in [-0.4, -0.2) is 40.0 Å². The number of aromatic nitrogens is 3. The third-order valence-electron chi connectivity index (χ3n) is 6.48. The number of pyridine rings is 1. The van der Waals surface area contributed by atoms with E-state index in [1.165, 1.54) is 37.1 Å². The molecule has 0 aliphatic carbocycles. The molecule has 0 aliphatic rings. The van der Waals surface area contributed by atoms with Crippen molar-refractivity contribution < 1.29 is 13.2 Å². The fourth-order valence-corrected chi connectivity index (χ4v) is 4.49. The topological polar surface area (TPSA) is 53.9 Å². The van der Waals surface area contributed by atoms with Crippen LogP contribution in [0.5, 0.6) is 0 Å². The minimum atomic E-state index is -4.50. The van der Waals surface area contributed by atoms with Gasteiger partial charge in [-0.05, 0) is 56.3 Å². The van der Waals surface area contributed by atoms with Crippen LogP contribution in [0, 0.1) is 0 Å². The highest BCUT2D eigenvalue weighted by Crippen LogP contribution is 2.36. The molecule has 0 amide bonds. The summed E-state index contributed by atoms with van der Waals surface area (Å²) < 4.78 is 41.0. The third-order valence-corrected chi connectivity index (χ3v) is 6.48. The summed E-state index contributed by atoms with van der Waals surface area (Å²) >= 11 is 0. The smallest absolute Gasteiger partial charge is 0.369 e. The van der Waals surface area contributed by atoms with Gasteiger partial charge in [-0.25, -0.2) is 9.97 Å². The Morgan fingerprint density at radius 1 is 0.921 bits per heavy atom. The van der Waals surface area contributed by atoms with Crippen LogP contribution in [0.4, 0.5) is 19.0 Å². The van der Waals surface area contributed by atoms with Gasteiger partial charge in [0.05, 0.1) is 23.3 Å². The Hall–Kier alpha value is -3.52. The Morgan fingerprint density at radius 2 is 1.74 bits per heavy atom. The number of fused-ring (bicyclic) bond motifs is 1. The molecule has 0 saturated carbocycles. The monoisotopic (exact) mass is 521 g/mol. The summed E-state index contributed by atoms with van der Waals surface area (Å²) in [4.78, 5) is 15.8. The lowest BCUT2D eigenvalue weighted by Gasteiger charge is -2.18. The van der Waals surface area contributed by atoms with E-state index >= 15 is 0 Å². The van der Waals surface area contributed by atoms with E-state index in [9.17, 15) is 13.2 Å². The molecule has 4 aromatic rings. The highest BCUT2D eigenvalue weighted by Gasteiger charge is 2.34. The molecular weight excluding hydrogens is 487 g/mol. The molecule has 2 aromatic carbocycles. The van der Waals surface area contributed by atoms with Gasteiger partial charge in [-0.1, -0.05) is 62.6 Å². The number of rotatable bonds is 12. The van der Waals surface area contributed by atoms with Crippen LogP contribution in [0.15, 0.2) is 66.9 Å². The lowest BCUT2D eigenvalue weighted by Crippen LogP contribution is -2.21. The summed E-state index contributed by atoms with van der Waals surface area (Å²) in [5.74, 6) is 1.32. The first kappa shape index (κ1) is 27.5.